The van der Waals surface area contributed by atoms with Crippen molar-refractivity contribution < 1.29 is 14.7 Å². The topological polar surface area (TPSA) is 98.6 Å². The van der Waals surface area contributed by atoms with Crippen molar-refractivity contribution in [1.29, 1.82) is 0 Å². The molecule has 3 aromatic rings. The van der Waals surface area contributed by atoms with Gasteiger partial charge in [-0.2, -0.15) is 4.57 Å². The number of imidazole rings is 1. The van der Waals surface area contributed by atoms with Gasteiger partial charge in [0.1, 0.15) is 0 Å². The minimum Gasteiger partial charge on any atom is -0.464 e. The minimum absolute atomic E-state index is 0.0737. The van der Waals surface area contributed by atoms with Crippen LogP contribution in [0.5, 0.6) is 0 Å². The first-order chi connectivity index (χ1) is 14.4. The number of fused-ring (bicyclic) bond motifs is 1. The average molecular weight is 408 g/mol. The lowest BCUT2D eigenvalue weighted by Crippen LogP contribution is -2.47. The highest BCUT2D eigenvalue weighted by molar-refractivity contribution is 5.94. The summed E-state index contributed by atoms with van der Waals surface area (Å²) in [5.74, 6) is 0.0737. The number of aromatic nitrogens is 2. The van der Waals surface area contributed by atoms with Crippen molar-refractivity contribution in [2.45, 2.75) is 13.3 Å². The number of piperazine rings is 1. The number of carbonyl (C=O) groups excluding carboxylic acids is 1. The maximum atomic E-state index is 11.8. The molecule has 1 saturated heterocycles. The molecule has 0 bridgehead atoms. The molecule has 8 nitrogen and oxygen atoms in total. The molecule has 156 valence electrons. The van der Waals surface area contributed by atoms with Gasteiger partial charge >= 0.3 is 11.8 Å². The van der Waals surface area contributed by atoms with Crippen LogP contribution in [0.15, 0.2) is 47.3 Å². The fraction of sp³-hybridized carbons (Fsp3) is 0.318. The van der Waals surface area contributed by atoms with E-state index in [1.807, 2.05) is 30.3 Å². The Kier molecular flexibility index (Phi) is 5.41. The normalized spacial score (nSPS) is 14.9. The summed E-state index contributed by atoms with van der Waals surface area (Å²) >= 11 is 0. The monoisotopic (exact) mass is 408 g/mol. The SMILES string of the molecule is CC(=O)c1ccc(N2CCN(CCc3ccc4[nH]c(=O)n(C(=O)O)c4c3)CC2)cc1. The molecule has 1 fully saturated rings. The van der Waals surface area contributed by atoms with Crippen LogP contribution < -0.4 is 10.6 Å². The lowest BCUT2D eigenvalue weighted by molar-refractivity contribution is 0.101. The quantitative estimate of drug-likeness (QED) is 0.629. The van der Waals surface area contributed by atoms with E-state index in [2.05, 4.69) is 14.8 Å². The van der Waals surface area contributed by atoms with E-state index >= 15 is 0 Å². The third-order valence-corrected chi connectivity index (χ3v) is 5.67. The van der Waals surface area contributed by atoms with Crippen LogP contribution in [0.25, 0.3) is 11.0 Å². The number of nitrogens with one attached hydrogen (secondary N) is 1. The molecule has 0 aliphatic carbocycles. The van der Waals surface area contributed by atoms with Crippen LogP contribution >= 0.6 is 0 Å². The second-order valence-electron chi connectivity index (χ2n) is 7.58. The van der Waals surface area contributed by atoms with Gasteiger partial charge < -0.3 is 15.0 Å². The first-order valence-electron chi connectivity index (χ1n) is 9.97. The van der Waals surface area contributed by atoms with E-state index in [9.17, 15) is 19.5 Å². The van der Waals surface area contributed by atoms with E-state index in [1.165, 1.54) is 0 Å². The van der Waals surface area contributed by atoms with Crippen LogP contribution in [0.2, 0.25) is 0 Å². The lowest BCUT2D eigenvalue weighted by Gasteiger charge is -2.36. The summed E-state index contributed by atoms with van der Waals surface area (Å²) in [4.78, 5) is 41.8. The zero-order valence-corrected chi connectivity index (χ0v) is 16.8. The number of carboxylic acid groups (broad SMARTS) is 1. The predicted molar refractivity (Wildman–Crippen MR) is 115 cm³/mol. The molecule has 1 aliphatic heterocycles. The van der Waals surface area contributed by atoms with E-state index in [-0.39, 0.29) is 5.78 Å². The molecule has 4 rings (SSSR count). The highest BCUT2D eigenvalue weighted by Gasteiger charge is 2.18. The first-order valence-corrected chi connectivity index (χ1v) is 9.97. The van der Waals surface area contributed by atoms with Gasteiger partial charge in [0.15, 0.2) is 5.78 Å². The molecule has 2 aromatic carbocycles. The van der Waals surface area contributed by atoms with Crippen molar-refractivity contribution in [2.75, 3.05) is 37.6 Å². The molecule has 0 spiro atoms. The van der Waals surface area contributed by atoms with Crippen LogP contribution in [0.1, 0.15) is 22.8 Å². The smallest absolute Gasteiger partial charge is 0.420 e. The number of nitrogens with zero attached hydrogens (tertiary/aromatic N) is 3. The molecule has 2 N–H and O–H groups in total. The molecular formula is C22H24N4O4. The number of benzene rings is 2. The molecule has 0 atom stereocenters. The lowest BCUT2D eigenvalue weighted by atomic mass is 10.1. The number of anilines is 1. The summed E-state index contributed by atoms with van der Waals surface area (Å²) < 4.78 is 0.745. The fourth-order valence-corrected chi connectivity index (χ4v) is 3.92. The number of rotatable bonds is 5. The number of Topliss-reactive ketones (excluding diaryl/α,β-unsaturated/α-hetero) is 1. The zero-order chi connectivity index (χ0) is 21.3. The van der Waals surface area contributed by atoms with Gasteiger partial charge in [0, 0.05) is 44.0 Å². The van der Waals surface area contributed by atoms with Gasteiger partial charge in [-0.25, -0.2) is 9.59 Å². The summed E-state index contributed by atoms with van der Waals surface area (Å²) in [6.07, 6.45) is -0.502. The maximum Gasteiger partial charge on any atom is 0.420 e. The third-order valence-electron chi connectivity index (χ3n) is 5.67. The summed E-state index contributed by atoms with van der Waals surface area (Å²) in [5, 5.41) is 9.25. The maximum absolute atomic E-state index is 11.8. The number of aromatic amines is 1. The molecule has 1 aliphatic rings. The van der Waals surface area contributed by atoms with Crippen molar-refractivity contribution >= 4 is 28.6 Å². The van der Waals surface area contributed by atoms with Gasteiger partial charge in [0.2, 0.25) is 0 Å². The van der Waals surface area contributed by atoms with Gasteiger partial charge in [-0.1, -0.05) is 6.07 Å². The molecular weight excluding hydrogens is 384 g/mol. The van der Waals surface area contributed by atoms with Crippen LogP contribution in [0.4, 0.5) is 10.5 Å². The van der Waals surface area contributed by atoms with Crippen molar-refractivity contribution in [3.8, 4) is 0 Å². The van der Waals surface area contributed by atoms with Gasteiger partial charge in [-0.15, -0.1) is 0 Å². The molecule has 1 aromatic heterocycles. The van der Waals surface area contributed by atoms with E-state index in [4.69, 9.17) is 0 Å². The van der Waals surface area contributed by atoms with Crippen molar-refractivity contribution in [3.05, 3.63) is 64.1 Å². The molecule has 2 heterocycles. The third kappa shape index (κ3) is 3.99. The number of hydrogen-bond acceptors (Lipinski definition) is 5. The van der Waals surface area contributed by atoms with Crippen LogP contribution in [-0.4, -0.2) is 64.2 Å². The Bertz CT molecular complexity index is 1140. The van der Waals surface area contributed by atoms with Crippen molar-refractivity contribution in [3.63, 3.8) is 0 Å². The van der Waals surface area contributed by atoms with Gasteiger partial charge in [-0.05, 0) is 55.3 Å². The fourth-order valence-electron chi connectivity index (χ4n) is 3.92. The van der Waals surface area contributed by atoms with Crippen LogP contribution in [-0.2, 0) is 6.42 Å². The molecule has 0 unspecified atom stereocenters. The highest BCUT2D eigenvalue weighted by Crippen LogP contribution is 2.18. The molecule has 30 heavy (non-hydrogen) atoms. The summed E-state index contributed by atoms with van der Waals surface area (Å²) in [5.41, 5.74) is 3.13. The molecule has 0 saturated carbocycles. The number of ketones is 1. The molecule has 0 radical (unpaired) electrons. The largest absolute Gasteiger partial charge is 0.464 e. The second kappa shape index (κ2) is 8.16. The summed E-state index contributed by atoms with van der Waals surface area (Å²) in [6.45, 7) is 6.12. The Hall–Kier alpha value is -3.39. The van der Waals surface area contributed by atoms with Crippen molar-refractivity contribution in [2.24, 2.45) is 0 Å². The van der Waals surface area contributed by atoms with Crippen molar-refractivity contribution in [1.82, 2.24) is 14.5 Å². The summed E-state index contributed by atoms with van der Waals surface area (Å²) in [7, 11) is 0. The van der Waals surface area contributed by atoms with E-state index < -0.39 is 11.8 Å². The summed E-state index contributed by atoms with van der Waals surface area (Å²) in [6, 6.07) is 13.2. The van der Waals surface area contributed by atoms with Crippen LogP contribution in [0.3, 0.4) is 0 Å². The molecule has 8 heteroatoms. The van der Waals surface area contributed by atoms with Crippen LogP contribution in [0, 0.1) is 0 Å². The average Bonchev–Trinajstić information content (AvgIpc) is 3.08. The molecule has 0 amide bonds. The standard InChI is InChI=1S/C22H24N4O4/c1-15(27)17-3-5-18(6-4-17)25-12-10-24(11-13-25)9-8-16-2-7-19-20(14-16)26(22(29)30)21(28)23-19/h2-7,14H,8-13H2,1H3,(H,23,28)(H,29,30). The van der Waals surface area contributed by atoms with Gasteiger partial charge in [0.05, 0.1) is 11.0 Å². The second-order valence-corrected chi connectivity index (χ2v) is 7.58. The van der Waals surface area contributed by atoms with E-state index in [0.717, 1.165) is 60.5 Å². The Labute approximate surface area is 173 Å². The number of carbonyl (C=O) groups is 2. The zero-order valence-electron chi connectivity index (χ0n) is 16.8. The Balaban J connectivity index is 1.35. The number of H-pyrrole nitrogens is 1. The van der Waals surface area contributed by atoms with Gasteiger partial charge in [0.25, 0.3) is 0 Å². The van der Waals surface area contributed by atoms with Gasteiger partial charge in [-0.3, -0.25) is 9.69 Å². The Morgan fingerprint density at radius 1 is 1.03 bits per heavy atom. The number of hydrogen-bond donors (Lipinski definition) is 2. The van der Waals surface area contributed by atoms with E-state index in [1.54, 1.807) is 19.1 Å². The predicted octanol–water partition coefficient (Wildman–Crippen LogP) is 2.42. The Morgan fingerprint density at radius 3 is 2.37 bits per heavy atom. The van der Waals surface area contributed by atoms with E-state index in [0.29, 0.717) is 11.0 Å². The highest BCUT2D eigenvalue weighted by atomic mass is 16.4. The first kappa shape index (κ1) is 19.9. The minimum atomic E-state index is -1.28. The Morgan fingerprint density at radius 2 is 1.73 bits per heavy atom.